The third kappa shape index (κ3) is 10.0. The Morgan fingerprint density at radius 3 is 2.04 bits per heavy atom. The summed E-state index contributed by atoms with van der Waals surface area (Å²) < 4.78 is 29.7. The van der Waals surface area contributed by atoms with Crippen molar-refractivity contribution in [3.8, 4) is 5.75 Å². The molecule has 6 rings (SSSR count). The Balaban J connectivity index is 0.000000210. The van der Waals surface area contributed by atoms with Crippen LogP contribution in [0.1, 0.15) is 56.6 Å². The second kappa shape index (κ2) is 17.7. The van der Waals surface area contributed by atoms with Gasteiger partial charge in [0.25, 0.3) is 0 Å². The van der Waals surface area contributed by atoms with Gasteiger partial charge in [-0.05, 0) is 92.5 Å². The van der Waals surface area contributed by atoms with Crippen molar-refractivity contribution in [2.45, 2.75) is 64.3 Å². The van der Waals surface area contributed by atoms with Crippen LogP contribution in [-0.4, -0.2) is 116 Å². The molecule has 12 nitrogen and oxygen atoms in total. The fourth-order valence-electron chi connectivity index (χ4n) is 7.99. The molecule has 4 heterocycles. The van der Waals surface area contributed by atoms with Crippen LogP contribution in [-0.2, 0) is 32.4 Å². The normalized spacial score (nSPS) is 20.2. The van der Waals surface area contributed by atoms with Crippen LogP contribution in [0.4, 0.5) is 15.3 Å². The number of sulfonamides is 1. The maximum Gasteiger partial charge on any atom is 0.409 e. The standard InChI is InChI=1S/C21H30Cl2N2O4S.C16H21N3O3/c1-14(11-15-12-18(22)20(26)19(23)13-15)21(27)24-7-3-16(4-8-24)17-5-9-25(10-6-17)30(2,28)29;1-22-16(21)18-9-7-13(8-10-18)19-11-6-12-4-2-3-5-14(12)17-15(19)20/h12-14,16-17,26H,3-11H2,1-2H3;2-5,13H,6-11H2,1H3,(H,17,20)/t14-;/m1./s1. The molecule has 3 fully saturated rings. The van der Waals surface area contributed by atoms with E-state index in [0.717, 1.165) is 69.3 Å². The lowest BCUT2D eigenvalue weighted by Gasteiger charge is -2.40. The van der Waals surface area contributed by atoms with Crippen LogP contribution in [0.3, 0.4) is 0 Å². The topological polar surface area (TPSA) is 140 Å². The first-order chi connectivity index (χ1) is 24.7. The number of para-hydroxylation sites is 1. The molecule has 0 aromatic heterocycles. The number of nitrogens with one attached hydrogen (secondary N) is 1. The molecule has 0 radical (unpaired) electrons. The summed E-state index contributed by atoms with van der Waals surface area (Å²) in [6, 6.07) is 11.4. The van der Waals surface area contributed by atoms with Gasteiger partial charge in [-0.1, -0.05) is 48.3 Å². The quantitative estimate of drug-likeness (QED) is 0.362. The van der Waals surface area contributed by atoms with Gasteiger partial charge in [0.05, 0.1) is 23.4 Å². The maximum absolute atomic E-state index is 12.9. The number of methoxy groups -OCH3 is 1. The van der Waals surface area contributed by atoms with Crippen LogP contribution >= 0.6 is 23.2 Å². The molecule has 2 aromatic carbocycles. The van der Waals surface area contributed by atoms with E-state index in [1.807, 2.05) is 34.9 Å². The lowest BCUT2D eigenvalue weighted by atomic mass is 9.79. The minimum Gasteiger partial charge on any atom is -0.505 e. The predicted octanol–water partition coefficient (Wildman–Crippen LogP) is 6.10. The number of carbonyl (C=O) groups is 3. The van der Waals surface area contributed by atoms with E-state index in [1.54, 1.807) is 21.3 Å². The Hall–Kier alpha value is -3.26. The molecule has 1 atom stereocenters. The number of fused-ring (bicyclic) bond motifs is 1. The fraction of sp³-hybridized carbons (Fsp3) is 0.595. The van der Waals surface area contributed by atoms with E-state index in [9.17, 15) is 27.9 Å². The molecule has 3 saturated heterocycles. The van der Waals surface area contributed by atoms with E-state index in [-0.39, 0.29) is 45.8 Å². The number of ether oxygens (including phenoxy) is 1. The zero-order chi connectivity index (χ0) is 37.6. The number of amides is 4. The molecule has 4 amide bonds. The minimum absolute atomic E-state index is 0.0403. The van der Waals surface area contributed by atoms with Gasteiger partial charge in [0.15, 0.2) is 5.75 Å². The van der Waals surface area contributed by atoms with Crippen LogP contribution in [0.5, 0.6) is 5.75 Å². The summed E-state index contributed by atoms with van der Waals surface area (Å²) in [4.78, 5) is 42.4. The lowest BCUT2D eigenvalue weighted by Crippen LogP contribution is -2.50. The molecule has 0 saturated carbocycles. The molecule has 0 spiro atoms. The zero-order valence-corrected chi connectivity index (χ0v) is 32.6. The van der Waals surface area contributed by atoms with E-state index in [2.05, 4.69) is 11.4 Å². The SMILES string of the molecule is COC(=O)N1CCC(N2CCc3ccccc3NC2=O)CC1.C[C@H](Cc1cc(Cl)c(O)c(Cl)c1)C(=O)N1CCC(C2CCN(S(C)(=O)=O)CC2)CC1. The molecular weight excluding hydrogens is 729 g/mol. The first kappa shape index (κ1) is 39.9. The number of benzene rings is 2. The molecule has 4 aliphatic rings. The van der Waals surface area contributed by atoms with Crippen LogP contribution in [0, 0.1) is 17.8 Å². The van der Waals surface area contributed by atoms with Crippen molar-refractivity contribution in [3.63, 3.8) is 0 Å². The van der Waals surface area contributed by atoms with Crippen LogP contribution in [0.15, 0.2) is 36.4 Å². The van der Waals surface area contributed by atoms with E-state index in [4.69, 9.17) is 27.9 Å². The number of aromatic hydroxyl groups is 1. The van der Waals surface area contributed by atoms with Gasteiger partial charge in [-0.2, -0.15) is 0 Å². The van der Waals surface area contributed by atoms with Crippen LogP contribution in [0.2, 0.25) is 10.0 Å². The summed E-state index contributed by atoms with van der Waals surface area (Å²) in [6.45, 7) is 6.60. The third-order valence-electron chi connectivity index (χ3n) is 11.0. The average Bonchev–Trinajstić information content (AvgIpc) is 3.31. The summed E-state index contributed by atoms with van der Waals surface area (Å²) >= 11 is 12.0. The van der Waals surface area contributed by atoms with Crippen molar-refractivity contribution in [2.24, 2.45) is 17.8 Å². The second-order valence-corrected chi connectivity index (χ2v) is 17.2. The van der Waals surface area contributed by atoms with Gasteiger partial charge in [0.1, 0.15) is 0 Å². The molecule has 4 aliphatic heterocycles. The highest BCUT2D eigenvalue weighted by Gasteiger charge is 2.34. The predicted molar refractivity (Wildman–Crippen MR) is 202 cm³/mol. The number of phenols is 1. The zero-order valence-electron chi connectivity index (χ0n) is 30.2. The number of likely N-dealkylation sites (tertiary alicyclic amines) is 2. The van der Waals surface area contributed by atoms with Gasteiger partial charge >= 0.3 is 12.1 Å². The highest BCUT2D eigenvalue weighted by Crippen LogP contribution is 2.35. The number of piperidine rings is 3. The number of phenolic OH excluding ortho intramolecular Hbond substituents is 1. The monoisotopic (exact) mass is 779 g/mol. The van der Waals surface area contributed by atoms with Gasteiger partial charge in [0.2, 0.25) is 15.9 Å². The summed E-state index contributed by atoms with van der Waals surface area (Å²) in [6.07, 6.45) is 7.70. The third-order valence-corrected chi connectivity index (χ3v) is 12.9. The number of urea groups is 1. The smallest absolute Gasteiger partial charge is 0.409 e. The Morgan fingerprint density at radius 1 is 0.904 bits per heavy atom. The molecule has 286 valence electrons. The van der Waals surface area contributed by atoms with Crippen molar-refractivity contribution in [3.05, 3.63) is 57.6 Å². The number of anilines is 1. The summed E-state index contributed by atoms with van der Waals surface area (Å²) in [5, 5.41) is 13.1. The van der Waals surface area contributed by atoms with Crippen molar-refractivity contribution >= 4 is 56.9 Å². The lowest BCUT2D eigenvalue weighted by molar-refractivity contribution is -0.136. The van der Waals surface area contributed by atoms with E-state index in [0.29, 0.717) is 51.0 Å². The molecular formula is C37H51Cl2N5O7S. The van der Waals surface area contributed by atoms with Gasteiger partial charge in [-0.3, -0.25) is 4.79 Å². The van der Waals surface area contributed by atoms with Gasteiger partial charge in [-0.25, -0.2) is 22.3 Å². The Bertz CT molecular complexity index is 1670. The maximum atomic E-state index is 12.9. The van der Waals surface area contributed by atoms with E-state index in [1.165, 1.54) is 18.9 Å². The number of hydrogen-bond acceptors (Lipinski definition) is 7. The largest absolute Gasteiger partial charge is 0.505 e. The van der Waals surface area contributed by atoms with Crippen molar-refractivity contribution in [2.75, 3.05) is 64.5 Å². The first-order valence-corrected chi connectivity index (χ1v) is 20.7. The molecule has 0 bridgehead atoms. The van der Waals surface area contributed by atoms with Gasteiger partial charge in [-0.15, -0.1) is 0 Å². The van der Waals surface area contributed by atoms with Gasteiger partial charge < -0.3 is 29.9 Å². The molecule has 52 heavy (non-hydrogen) atoms. The molecule has 2 N–H and O–H groups in total. The van der Waals surface area contributed by atoms with Crippen LogP contribution in [0.25, 0.3) is 0 Å². The molecule has 15 heteroatoms. The molecule has 2 aromatic rings. The van der Waals surface area contributed by atoms with Gasteiger partial charge in [0, 0.05) is 63.5 Å². The Labute approximate surface area is 317 Å². The Kier molecular flexibility index (Phi) is 13.6. The van der Waals surface area contributed by atoms with Crippen LogP contribution < -0.4 is 5.32 Å². The van der Waals surface area contributed by atoms with Crippen molar-refractivity contribution in [1.82, 2.24) is 19.0 Å². The van der Waals surface area contributed by atoms with E-state index >= 15 is 0 Å². The summed E-state index contributed by atoms with van der Waals surface area (Å²) in [7, 11) is -1.70. The highest BCUT2D eigenvalue weighted by atomic mass is 35.5. The number of hydrogen-bond donors (Lipinski definition) is 2. The minimum atomic E-state index is -3.09. The molecule has 0 unspecified atom stereocenters. The molecule has 0 aliphatic carbocycles. The first-order valence-electron chi connectivity index (χ1n) is 18.1. The number of carbonyl (C=O) groups excluding carboxylic acids is 3. The summed E-state index contributed by atoms with van der Waals surface area (Å²) in [5.74, 6) is 0.891. The number of nitrogens with zero attached hydrogens (tertiary/aromatic N) is 4. The average molecular weight is 781 g/mol. The number of rotatable bonds is 6. The van der Waals surface area contributed by atoms with Crippen molar-refractivity contribution in [1.29, 1.82) is 0 Å². The Morgan fingerprint density at radius 2 is 1.46 bits per heavy atom. The van der Waals surface area contributed by atoms with Crippen molar-refractivity contribution < 1.29 is 32.6 Å². The second-order valence-electron chi connectivity index (χ2n) is 14.4. The van der Waals surface area contributed by atoms with E-state index < -0.39 is 10.0 Å². The fourth-order valence-corrected chi connectivity index (χ4v) is 9.39. The number of halogens is 2. The highest BCUT2D eigenvalue weighted by molar-refractivity contribution is 7.88. The summed E-state index contributed by atoms with van der Waals surface area (Å²) in [5.41, 5.74) is 2.91.